The number of hydrogen-bond acceptors (Lipinski definition) is 6. The average molecular weight is 513 g/mol. The van der Waals surface area contributed by atoms with Crippen molar-refractivity contribution in [1.82, 2.24) is 5.32 Å². The number of methoxy groups -OCH3 is 2. The van der Waals surface area contributed by atoms with E-state index in [0.29, 0.717) is 35.1 Å². The number of rotatable bonds is 11. The molecule has 0 bridgehead atoms. The maximum Gasteiger partial charge on any atom is 0.251 e. The number of hydrogen-bond donors (Lipinski definition) is 1. The van der Waals surface area contributed by atoms with E-state index in [4.69, 9.17) is 14.2 Å². The standard InChI is InChI=1S/C27H32N2O6S/c1-6-35-26-10-8-7-9-24(26)29(36(5,31)32)18-20-11-13-21(14-12-20)27(30)28-19(2)23-17-22(33-3)15-16-25(23)34-4/h7-17,19H,6,18H2,1-5H3,(H,28,30). The van der Waals surface area contributed by atoms with Crippen LogP contribution in [0.15, 0.2) is 66.7 Å². The van der Waals surface area contributed by atoms with Crippen LogP contribution in [0.5, 0.6) is 17.2 Å². The molecule has 0 heterocycles. The van der Waals surface area contributed by atoms with Crippen LogP contribution in [0.3, 0.4) is 0 Å². The number of carbonyl (C=O) groups is 1. The van der Waals surface area contributed by atoms with Crippen molar-refractivity contribution in [2.75, 3.05) is 31.4 Å². The van der Waals surface area contributed by atoms with Gasteiger partial charge in [0.05, 0.1) is 45.4 Å². The topological polar surface area (TPSA) is 94.2 Å². The van der Waals surface area contributed by atoms with Crippen LogP contribution in [0.2, 0.25) is 0 Å². The summed E-state index contributed by atoms with van der Waals surface area (Å²) in [4.78, 5) is 12.9. The molecule has 0 saturated heterocycles. The van der Waals surface area contributed by atoms with E-state index in [1.807, 2.05) is 19.9 Å². The largest absolute Gasteiger partial charge is 0.497 e. The first kappa shape index (κ1) is 26.9. The monoisotopic (exact) mass is 512 g/mol. The second-order valence-corrected chi connectivity index (χ2v) is 10.1. The normalized spacial score (nSPS) is 11.9. The number of anilines is 1. The lowest BCUT2D eigenvalue weighted by molar-refractivity contribution is 0.0939. The molecule has 0 fully saturated rings. The summed E-state index contributed by atoms with van der Waals surface area (Å²) in [5.41, 5.74) is 2.43. The number of nitrogens with one attached hydrogen (secondary N) is 1. The SMILES string of the molecule is CCOc1ccccc1N(Cc1ccc(C(=O)NC(C)c2cc(OC)ccc2OC)cc1)S(C)(=O)=O. The Labute approximate surface area is 212 Å². The predicted molar refractivity (Wildman–Crippen MR) is 141 cm³/mol. The number of amides is 1. The molecule has 0 aliphatic rings. The van der Waals surface area contributed by atoms with E-state index in [1.54, 1.807) is 74.9 Å². The van der Waals surface area contributed by atoms with Gasteiger partial charge in [0, 0.05) is 11.1 Å². The molecule has 3 aromatic carbocycles. The van der Waals surface area contributed by atoms with Crippen molar-refractivity contribution in [3.05, 3.63) is 83.4 Å². The Morgan fingerprint density at radius 3 is 2.28 bits per heavy atom. The molecule has 3 rings (SSSR count). The van der Waals surface area contributed by atoms with Gasteiger partial charge in [0.2, 0.25) is 10.0 Å². The number of carbonyl (C=O) groups excluding carboxylic acids is 1. The lowest BCUT2D eigenvalue weighted by Gasteiger charge is -2.24. The molecule has 1 amide bonds. The molecule has 1 unspecified atom stereocenters. The number of benzene rings is 3. The minimum Gasteiger partial charge on any atom is -0.497 e. The second kappa shape index (κ2) is 11.8. The molecular weight excluding hydrogens is 480 g/mol. The van der Waals surface area contributed by atoms with Gasteiger partial charge in [-0.3, -0.25) is 9.10 Å². The van der Waals surface area contributed by atoms with Crippen LogP contribution in [0.25, 0.3) is 0 Å². The summed E-state index contributed by atoms with van der Waals surface area (Å²) in [5.74, 6) is 1.54. The third-order valence-corrected chi connectivity index (χ3v) is 6.75. The summed E-state index contributed by atoms with van der Waals surface area (Å²) in [6.07, 6.45) is 1.16. The molecule has 0 spiro atoms. The third kappa shape index (κ3) is 6.48. The molecule has 0 radical (unpaired) electrons. The molecule has 0 aliphatic heterocycles. The highest BCUT2D eigenvalue weighted by Crippen LogP contribution is 2.32. The summed E-state index contributed by atoms with van der Waals surface area (Å²) in [5, 5.41) is 2.97. The van der Waals surface area contributed by atoms with Crippen LogP contribution in [0, 0.1) is 0 Å². The molecule has 9 heteroatoms. The minimum atomic E-state index is -3.59. The second-order valence-electron chi connectivity index (χ2n) is 8.17. The Morgan fingerprint density at radius 2 is 1.67 bits per heavy atom. The van der Waals surface area contributed by atoms with Gasteiger partial charge in [-0.1, -0.05) is 24.3 Å². The molecule has 0 aromatic heterocycles. The van der Waals surface area contributed by atoms with Gasteiger partial charge in [0.15, 0.2) is 0 Å². The third-order valence-electron chi connectivity index (χ3n) is 5.63. The van der Waals surface area contributed by atoms with Gasteiger partial charge in [0.25, 0.3) is 5.91 Å². The molecule has 36 heavy (non-hydrogen) atoms. The Balaban J connectivity index is 1.78. The number of sulfonamides is 1. The van der Waals surface area contributed by atoms with Gasteiger partial charge < -0.3 is 19.5 Å². The van der Waals surface area contributed by atoms with Crippen molar-refractivity contribution in [2.45, 2.75) is 26.4 Å². The minimum absolute atomic E-state index is 0.0994. The summed E-state index contributed by atoms with van der Waals surface area (Å²) < 4.78 is 42.9. The first-order valence-electron chi connectivity index (χ1n) is 11.5. The number of ether oxygens (including phenoxy) is 3. The lowest BCUT2D eigenvalue weighted by atomic mass is 10.1. The van der Waals surface area contributed by atoms with E-state index < -0.39 is 10.0 Å². The van der Waals surface area contributed by atoms with E-state index in [-0.39, 0.29) is 18.5 Å². The van der Waals surface area contributed by atoms with Crippen molar-refractivity contribution in [1.29, 1.82) is 0 Å². The molecular formula is C27H32N2O6S. The van der Waals surface area contributed by atoms with Crippen LogP contribution < -0.4 is 23.8 Å². The Hall–Kier alpha value is -3.72. The average Bonchev–Trinajstić information content (AvgIpc) is 2.87. The fraction of sp³-hybridized carbons (Fsp3) is 0.296. The van der Waals surface area contributed by atoms with Crippen molar-refractivity contribution in [2.24, 2.45) is 0 Å². The molecule has 1 N–H and O–H groups in total. The van der Waals surface area contributed by atoms with Crippen molar-refractivity contribution >= 4 is 21.6 Å². The molecule has 3 aromatic rings. The zero-order valence-electron chi connectivity index (χ0n) is 21.1. The number of para-hydroxylation sites is 2. The predicted octanol–water partition coefficient (Wildman–Crippen LogP) is 4.56. The van der Waals surface area contributed by atoms with Gasteiger partial charge in [-0.25, -0.2) is 8.42 Å². The first-order valence-corrected chi connectivity index (χ1v) is 13.3. The van der Waals surface area contributed by atoms with Gasteiger partial charge in [-0.15, -0.1) is 0 Å². The van der Waals surface area contributed by atoms with Crippen LogP contribution in [-0.4, -0.2) is 41.4 Å². The first-order chi connectivity index (χ1) is 17.2. The summed E-state index contributed by atoms with van der Waals surface area (Å²) in [7, 11) is -0.436. The molecule has 8 nitrogen and oxygen atoms in total. The van der Waals surface area contributed by atoms with E-state index in [9.17, 15) is 13.2 Å². The Bertz CT molecular complexity index is 1290. The van der Waals surface area contributed by atoms with Gasteiger partial charge in [-0.2, -0.15) is 0 Å². The molecule has 0 aliphatic carbocycles. The highest BCUT2D eigenvalue weighted by molar-refractivity contribution is 7.92. The zero-order chi connectivity index (χ0) is 26.3. The maximum absolute atomic E-state index is 12.9. The van der Waals surface area contributed by atoms with Crippen molar-refractivity contribution < 1.29 is 27.4 Å². The lowest BCUT2D eigenvalue weighted by Crippen LogP contribution is -2.30. The van der Waals surface area contributed by atoms with Crippen molar-refractivity contribution in [3.8, 4) is 17.2 Å². The van der Waals surface area contributed by atoms with Crippen LogP contribution >= 0.6 is 0 Å². The van der Waals surface area contributed by atoms with Gasteiger partial charge >= 0.3 is 0 Å². The number of nitrogens with zero attached hydrogens (tertiary/aromatic N) is 1. The van der Waals surface area contributed by atoms with Crippen LogP contribution in [0.4, 0.5) is 5.69 Å². The molecule has 1 atom stereocenters. The highest BCUT2D eigenvalue weighted by Gasteiger charge is 2.22. The maximum atomic E-state index is 12.9. The van der Waals surface area contributed by atoms with Crippen LogP contribution in [0.1, 0.15) is 41.4 Å². The zero-order valence-corrected chi connectivity index (χ0v) is 22.0. The van der Waals surface area contributed by atoms with E-state index in [2.05, 4.69) is 5.32 Å². The summed E-state index contributed by atoms with van der Waals surface area (Å²) >= 11 is 0. The fourth-order valence-electron chi connectivity index (χ4n) is 3.78. The van der Waals surface area contributed by atoms with E-state index in [0.717, 1.165) is 17.4 Å². The summed E-state index contributed by atoms with van der Waals surface area (Å²) in [6.45, 7) is 4.22. The molecule has 192 valence electrons. The smallest absolute Gasteiger partial charge is 0.251 e. The van der Waals surface area contributed by atoms with Crippen molar-refractivity contribution in [3.63, 3.8) is 0 Å². The Kier molecular flexibility index (Phi) is 8.82. The van der Waals surface area contributed by atoms with Crippen LogP contribution in [-0.2, 0) is 16.6 Å². The van der Waals surface area contributed by atoms with Gasteiger partial charge in [-0.05, 0) is 61.9 Å². The van der Waals surface area contributed by atoms with E-state index >= 15 is 0 Å². The van der Waals surface area contributed by atoms with E-state index in [1.165, 1.54) is 4.31 Å². The molecule has 0 saturated carbocycles. The fourth-order valence-corrected chi connectivity index (χ4v) is 4.68. The quantitative estimate of drug-likeness (QED) is 0.405. The highest BCUT2D eigenvalue weighted by atomic mass is 32.2. The Morgan fingerprint density at radius 1 is 0.972 bits per heavy atom. The van der Waals surface area contributed by atoms with Gasteiger partial charge in [0.1, 0.15) is 17.2 Å². The summed E-state index contributed by atoms with van der Waals surface area (Å²) in [6, 6.07) is 18.9.